The molecule has 2 N–H and O–H groups in total. The number of carbonyl (C=O) groups excluding carboxylic acids is 1. The Balaban J connectivity index is 0.00000176. The number of ether oxygens (including phenoxy) is 1. The molecule has 0 spiro atoms. The van der Waals surface area contributed by atoms with Crippen LogP contribution in [0.3, 0.4) is 0 Å². The summed E-state index contributed by atoms with van der Waals surface area (Å²) in [7, 11) is 0. The molecule has 2 heterocycles. The highest BCUT2D eigenvalue weighted by Crippen LogP contribution is 2.24. The summed E-state index contributed by atoms with van der Waals surface area (Å²) in [6.45, 7) is 8.84. The Hall–Kier alpha value is -3.07. The fourth-order valence-electron chi connectivity index (χ4n) is 3.07. The number of benzene rings is 1. The van der Waals surface area contributed by atoms with Crippen molar-refractivity contribution in [1.29, 1.82) is 0 Å². The van der Waals surface area contributed by atoms with Gasteiger partial charge in [0, 0.05) is 31.3 Å². The second kappa shape index (κ2) is 14.1. The normalized spacial score (nSPS) is 17.4. The predicted octanol–water partition coefficient (Wildman–Crippen LogP) is 4.09. The van der Waals surface area contributed by atoms with Gasteiger partial charge < -0.3 is 9.26 Å². The second-order valence-corrected chi connectivity index (χ2v) is 6.80. The Morgan fingerprint density at radius 3 is 2.72 bits per heavy atom. The summed E-state index contributed by atoms with van der Waals surface area (Å²) < 4.78 is 11.3. The lowest BCUT2D eigenvalue weighted by molar-refractivity contribution is -0.124. The van der Waals surface area contributed by atoms with Gasteiger partial charge >= 0.3 is 0 Å². The maximum atomic E-state index is 10.9. The molecule has 172 valence electrons. The Morgan fingerprint density at radius 1 is 1.25 bits per heavy atom. The summed E-state index contributed by atoms with van der Waals surface area (Å²) in [5.41, 5.74) is 3.63. The summed E-state index contributed by atoms with van der Waals surface area (Å²) in [5, 5.41) is 12.5. The van der Waals surface area contributed by atoms with Crippen LogP contribution >= 0.6 is 0 Å². The number of aromatic nitrogens is 2. The topological polar surface area (TPSA) is 101 Å². The molecular weight excluding hydrogens is 408 g/mol. The van der Waals surface area contributed by atoms with E-state index < -0.39 is 5.91 Å². The minimum absolute atomic E-state index is 0.259. The van der Waals surface area contributed by atoms with Crippen LogP contribution in [-0.4, -0.2) is 52.4 Å². The molecule has 8 nitrogen and oxygen atoms in total. The van der Waals surface area contributed by atoms with Gasteiger partial charge in [-0.05, 0) is 18.9 Å². The number of hydrogen-bond acceptors (Lipinski definition) is 7. The first-order valence-corrected chi connectivity index (χ1v) is 10.8. The molecule has 3 rings (SSSR count). The van der Waals surface area contributed by atoms with Crippen LogP contribution in [0, 0.1) is 0 Å². The van der Waals surface area contributed by atoms with E-state index in [1.165, 1.54) is 6.08 Å². The van der Waals surface area contributed by atoms with Gasteiger partial charge in [0.1, 0.15) is 6.10 Å². The number of allylic oxidation sites excluding steroid dienone is 3. The molecule has 8 heteroatoms. The molecule has 1 aromatic carbocycles. The summed E-state index contributed by atoms with van der Waals surface area (Å²) in [6.07, 6.45) is 9.38. The molecule has 1 amide bonds. The Kier molecular flexibility index (Phi) is 11.1. The van der Waals surface area contributed by atoms with Crippen LogP contribution in [-0.2, 0) is 9.53 Å². The van der Waals surface area contributed by atoms with Crippen molar-refractivity contribution in [1.82, 2.24) is 20.5 Å². The predicted molar refractivity (Wildman–Crippen MR) is 123 cm³/mol. The van der Waals surface area contributed by atoms with Crippen LogP contribution in [0.5, 0.6) is 0 Å². The molecule has 2 aromatic rings. The fourth-order valence-corrected chi connectivity index (χ4v) is 3.07. The van der Waals surface area contributed by atoms with Crippen LogP contribution in [0.1, 0.15) is 39.2 Å². The molecule has 0 radical (unpaired) electrons. The molecule has 1 aliphatic heterocycles. The quantitative estimate of drug-likeness (QED) is 0.276. The molecule has 1 atom stereocenters. The van der Waals surface area contributed by atoms with E-state index in [9.17, 15) is 4.79 Å². The van der Waals surface area contributed by atoms with Gasteiger partial charge in [0.2, 0.25) is 5.82 Å². The lowest BCUT2D eigenvalue weighted by atomic mass is 10.1. The number of nitrogens with zero attached hydrogens (tertiary/aromatic N) is 3. The summed E-state index contributed by atoms with van der Waals surface area (Å²) in [6, 6.07) is 9.71. The highest BCUT2D eigenvalue weighted by molar-refractivity contribution is 5.86. The lowest BCUT2D eigenvalue weighted by Crippen LogP contribution is -2.39. The van der Waals surface area contributed by atoms with Crippen LogP contribution < -0.4 is 5.48 Å². The molecule has 32 heavy (non-hydrogen) atoms. The van der Waals surface area contributed by atoms with Crippen molar-refractivity contribution in [2.45, 2.75) is 33.3 Å². The van der Waals surface area contributed by atoms with Gasteiger partial charge in [-0.1, -0.05) is 73.6 Å². The monoisotopic (exact) mass is 440 g/mol. The first kappa shape index (κ1) is 25.2. The number of nitrogens with one attached hydrogen (secondary N) is 1. The van der Waals surface area contributed by atoms with E-state index in [-0.39, 0.29) is 6.10 Å². The fraction of sp³-hybridized carbons (Fsp3) is 0.375. The molecule has 1 aliphatic rings. The van der Waals surface area contributed by atoms with Crippen molar-refractivity contribution in [2.24, 2.45) is 0 Å². The van der Waals surface area contributed by atoms with Crippen molar-refractivity contribution >= 4 is 5.91 Å². The van der Waals surface area contributed by atoms with Gasteiger partial charge in [0.25, 0.3) is 11.8 Å². The number of hydroxylamine groups is 1. The largest absolute Gasteiger partial charge is 0.366 e. The van der Waals surface area contributed by atoms with Crippen LogP contribution in [0.25, 0.3) is 11.4 Å². The minimum Gasteiger partial charge on any atom is -0.366 e. The Morgan fingerprint density at radius 2 is 2.00 bits per heavy atom. The molecule has 0 saturated carbocycles. The first-order valence-electron chi connectivity index (χ1n) is 10.8. The SMILES string of the molecule is C/C=C(\C=C/C/C=C/C(=O)NO)CN1CCOC(c2nc(-c3ccccc3)no2)C1.CC. The van der Waals surface area contributed by atoms with Gasteiger partial charge in [-0.3, -0.25) is 14.9 Å². The van der Waals surface area contributed by atoms with E-state index in [2.05, 4.69) is 21.1 Å². The number of morpholine rings is 1. The van der Waals surface area contributed by atoms with Gasteiger partial charge in [-0.2, -0.15) is 4.98 Å². The summed E-state index contributed by atoms with van der Waals surface area (Å²) >= 11 is 0. The number of amides is 1. The van der Waals surface area contributed by atoms with Gasteiger partial charge in [0.05, 0.1) is 6.61 Å². The molecule has 0 bridgehead atoms. The second-order valence-electron chi connectivity index (χ2n) is 6.80. The van der Waals surface area contributed by atoms with Crippen molar-refractivity contribution < 1.29 is 19.3 Å². The zero-order valence-corrected chi connectivity index (χ0v) is 18.9. The van der Waals surface area contributed by atoms with E-state index in [0.717, 1.165) is 24.2 Å². The van der Waals surface area contributed by atoms with Gasteiger partial charge in [-0.25, -0.2) is 5.48 Å². The van der Waals surface area contributed by atoms with Crippen molar-refractivity contribution in [3.63, 3.8) is 0 Å². The standard InChI is InChI=1S/C22H26N4O4.C2H6/c1-2-17(9-5-3-8-12-20(27)24-28)15-26-13-14-29-19(16-26)22-23-21(25-30-22)18-10-6-4-7-11-18;1-2/h2,4-12,19,28H,3,13-16H2,1H3,(H,24,27);1-2H3/b9-5-,12-8+,17-2+;. The highest BCUT2D eigenvalue weighted by Gasteiger charge is 2.27. The van der Waals surface area contributed by atoms with E-state index in [1.807, 2.05) is 63.3 Å². The van der Waals surface area contributed by atoms with Crippen molar-refractivity contribution in [3.8, 4) is 11.4 Å². The van der Waals surface area contributed by atoms with Crippen LogP contribution in [0.15, 0.2) is 70.8 Å². The van der Waals surface area contributed by atoms with Crippen molar-refractivity contribution in [3.05, 3.63) is 72.2 Å². The smallest absolute Gasteiger partial charge is 0.267 e. The zero-order valence-electron chi connectivity index (χ0n) is 18.9. The molecular formula is C24H32N4O4. The molecule has 1 unspecified atom stereocenters. The van der Waals surface area contributed by atoms with E-state index >= 15 is 0 Å². The maximum Gasteiger partial charge on any atom is 0.267 e. The third kappa shape index (κ3) is 7.88. The van der Waals surface area contributed by atoms with E-state index in [4.69, 9.17) is 14.5 Å². The first-order chi connectivity index (χ1) is 15.7. The average molecular weight is 441 g/mol. The van der Waals surface area contributed by atoms with Gasteiger partial charge in [0.15, 0.2) is 0 Å². The van der Waals surface area contributed by atoms with Crippen LogP contribution in [0.4, 0.5) is 0 Å². The Labute approximate surface area is 189 Å². The van der Waals surface area contributed by atoms with E-state index in [1.54, 1.807) is 11.6 Å². The third-order valence-electron chi connectivity index (χ3n) is 4.66. The van der Waals surface area contributed by atoms with Gasteiger partial charge in [-0.15, -0.1) is 0 Å². The minimum atomic E-state index is -0.537. The van der Waals surface area contributed by atoms with E-state index in [0.29, 0.717) is 31.3 Å². The third-order valence-corrected chi connectivity index (χ3v) is 4.66. The number of rotatable bonds is 8. The number of carbonyl (C=O) groups is 1. The number of hydrogen-bond donors (Lipinski definition) is 2. The molecule has 1 aromatic heterocycles. The molecule has 0 aliphatic carbocycles. The highest BCUT2D eigenvalue weighted by atomic mass is 16.5. The zero-order chi connectivity index (χ0) is 23.2. The maximum absolute atomic E-state index is 10.9. The average Bonchev–Trinajstić information content (AvgIpc) is 3.35. The molecule has 1 saturated heterocycles. The van der Waals surface area contributed by atoms with Crippen LogP contribution in [0.2, 0.25) is 0 Å². The summed E-state index contributed by atoms with van der Waals surface area (Å²) in [4.78, 5) is 17.7. The van der Waals surface area contributed by atoms with Crippen molar-refractivity contribution in [2.75, 3.05) is 26.2 Å². The summed E-state index contributed by atoms with van der Waals surface area (Å²) in [5.74, 6) is 0.514. The molecule has 1 fully saturated rings. The Bertz CT molecular complexity index is 906. The lowest BCUT2D eigenvalue weighted by Gasteiger charge is -2.31.